The molecule has 3 heteroatoms. The van der Waals surface area contributed by atoms with Gasteiger partial charge in [0.05, 0.1) is 0 Å². The molecule has 0 fully saturated rings. The van der Waals surface area contributed by atoms with E-state index < -0.39 is 0 Å². The van der Waals surface area contributed by atoms with Crippen LogP contribution in [0.1, 0.15) is 5.56 Å². The van der Waals surface area contributed by atoms with Crippen LogP contribution in [0.5, 0.6) is 0 Å². The van der Waals surface area contributed by atoms with Gasteiger partial charge in [0.25, 0.3) is 0 Å². The third-order valence-corrected chi connectivity index (χ3v) is 1.52. The maximum absolute atomic E-state index is 5.59. The van der Waals surface area contributed by atoms with Crippen LogP contribution >= 0.6 is 0 Å². The van der Waals surface area contributed by atoms with Crippen molar-refractivity contribution in [3.05, 3.63) is 11.6 Å². The van der Waals surface area contributed by atoms with Crippen LogP contribution < -0.4 is 11.5 Å². The van der Waals surface area contributed by atoms with Crippen LogP contribution in [0.15, 0.2) is 6.07 Å². The van der Waals surface area contributed by atoms with Gasteiger partial charge in [-0.3, -0.25) is 0 Å². The Kier molecular flexibility index (Phi) is 1.12. The molecule has 0 saturated carbocycles. The van der Waals surface area contributed by atoms with Gasteiger partial charge in [0, 0.05) is 7.05 Å². The summed E-state index contributed by atoms with van der Waals surface area (Å²) in [5.41, 5.74) is 12.1. The van der Waals surface area contributed by atoms with E-state index in [1.165, 1.54) is 0 Å². The number of nitrogens with zero attached hydrogens (tertiary/aromatic N) is 1. The first-order valence-corrected chi connectivity index (χ1v) is 2.80. The molecule has 0 saturated heterocycles. The Morgan fingerprint density at radius 1 is 1.44 bits per heavy atom. The van der Waals surface area contributed by atoms with Crippen LogP contribution in [0.3, 0.4) is 0 Å². The summed E-state index contributed by atoms with van der Waals surface area (Å²) in [6.07, 6.45) is 0. The fraction of sp³-hybridized carbons (Fsp3) is 0.333. The molecule has 9 heavy (non-hydrogen) atoms. The number of nitrogen functional groups attached to an aromatic ring is 2. The molecule has 1 aromatic heterocycles. The van der Waals surface area contributed by atoms with Gasteiger partial charge >= 0.3 is 0 Å². The summed E-state index contributed by atoms with van der Waals surface area (Å²) < 4.78 is 1.76. The van der Waals surface area contributed by atoms with Gasteiger partial charge in [0.2, 0.25) is 0 Å². The predicted molar refractivity (Wildman–Crippen MR) is 39.0 cm³/mol. The summed E-state index contributed by atoms with van der Waals surface area (Å²) in [5.74, 6) is 1.46. The monoisotopic (exact) mass is 125 g/mol. The van der Waals surface area contributed by atoms with Gasteiger partial charge < -0.3 is 16.0 Å². The molecule has 0 aromatic carbocycles. The molecule has 1 rings (SSSR count). The molecule has 0 spiro atoms. The molecule has 1 aromatic rings. The number of rotatable bonds is 0. The molecular weight excluding hydrogens is 114 g/mol. The first-order chi connectivity index (χ1) is 4.13. The Hall–Kier alpha value is -1.12. The Bertz CT molecular complexity index is 202. The third kappa shape index (κ3) is 0.740. The molecule has 1 heterocycles. The first-order valence-electron chi connectivity index (χ1n) is 2.80. The zero-order valence-electron chi connectivity index (χ0n) is 5.68. The second-order valence-electron chi connectivity index (χ2n) is 2.20. The maximum atomic E-state index is 5.59. The fourth-order valence-electron chi connectivity index (χ4n) is 0.796. The van der Waals surface area contributed by atoms with E-state index in [1.807, 2.05) is 20.0 Å². The van der Waals surface area contributed by atoms with Crippen molar-refractivity contribution in [1.29, 1.82) is 0 Å². The third-order valence-electron chi connectivity index (χ3n) is 1.52. The summed E-state index contributed by atoms with van der Waals surface area (Å²) in [6, 6.07) is 1.86. The van der Waals surface area contributed by atoms with Gasteiger partial charge in [-0.05, 0) is 18.6 Å². The topological polar surface area (TPSA) is 57.0 Å². The highest BCUT2D eigenvalue weighted by molar-refractivity contribution is 5.51. The molecule has 0 radical (unpaired) electrons. The van der Waals surface area contributed by atoms with Crippen molar-refractivity contribution < 1.29 is 0 Å². The van der Waals surface area contributed by atoms with Crippen molar-refractivity contribution in [2.24, 2.45) is 7.05 Å². The normalized spacial score (nSPS) is 10.0. The molecule has 0 aliphatic carbocycles. The van der Waals surface area contributed by atoms with Crippen molar-refractivity contribution in [2.45, 2.75) is 6.92 Å². The largest absolute Gasteiger partial charge is 0.385 e. The molecule has 0 aliphatic rings. The van der Waals surface area contributed by atoms with Gasteiger partial charge in [0.15, 0.2) is 0 Å². The van der Waals surface area contributed by atoms with Crippen LogP contribution in [0.4, 0.5) is 11.6 Å². The second-order valence-corrected chi connectivity index (χ2v) is 2.20. The lowest BCUT2D eigenvalue weighted by Crippen LogP contribution is -2.00. The lowest BCUT2D eigenvalue weighted by Gasteiger charge is -1.97. The standard InChI is InChI=1S/C6H11N3/c1-4-3-5(7)9(2)6(4)8/h3H,7-8H2,1-2H3. The van der Waals surface area contributed by atoms with E-state index in [0.717, 1.165) is 11.4 Å². The minimum Gasteiger partial charge on any atom is -0.385 e. The number of hydrogen-bond donors (Lipinski definition) is 2. The van der Waals surface area contributed by atoms with E-state index in [-0.39, 0.29) is 0 Å². The lowest BCUT2D eigenvalue weighted by atomic mass is 10.4. The van der Waals surface area contributed by atoms with Crippen molar-refractivity contribution in [2.75, 3.05) is 11.5 Å². The zero-order chi connectivity index (χ0) is 7.02. The predicted octanol–water partition coefficient (Wildman–Crippen LogP) is 0.498. The summed E-state index contributed by atoms with van der Waals surface area (Å²) in [7, 11) is 1.84. The Balaban J connectivity index is 3.29. The van der Waals surface area contributed by atoms with Gasteiger partial charge in [-0.2, -0.15) is 0 Å². The Labute approximate surface area is 54.3 Å². The van der Waals surface area contributed by atoms with Crippen LogP contribution in [-0.4, -0.2) is 4.57 Å². The molecule has 0 aliphatic heterocycles. The van der Waals surface area contributed by atoms with Crippen LogP contribution in [-0.2, 0) is 7.05 Å². The zero-order valence-corrected chi connectivity index (χ0v) is 5.68. The summed E-state index contributed by atoms with van der Waals surface area (Å²) in [5, 5.41) is 0. The quantitative estimate of drug-likeness (QED) is 0.530. The van der Waals surface area contributed by atoms with E-state index in [9.17, 15) is 0 Å². The summed E-state index contributed by atoms with van der Waals surface area (Å²) in [6.45, 7) is 1.94. The highest BCUT2D eigenvalue weighted by Gasteiger charge is 2.00. The highest BCUT2D eigenvalue weighted by atomic mass is 15.1. The lowest BCUT2D eigenvalue weighted by molar-refractivity contribution is 0.952. The molecule has 0 bridgehead atoms. The number of aryl methyl sites for hydroxylation is 1. The van der Waals surface area contributed by atoms with Gasteiger partial charge in [-0.1, -0.05) is 0 Å². The van der Waals surface area contributed by atoms with Gasteiger partial charge in [-0.25, -0.2) is 0 Å². The average Bonchev–Trinajstić information content (AvgIpc) is 1.98. The van der Waals surface area contributed by atoms with Gasteiger partial charge in [0.1, 0.15) is 11.6 Å². The molecular formula is C6H11N3. The number of anilines is 2. The first kappa shape index (κ1) is 6.01. The molecule has 4 N–H and O–H groups in total. The van der Waals surface area contributed by atoms with Gasteiger partial charge in [-0.15, -0.1) is 0 Å². The Morgan fingerprint density at radius 2 is 2.00 bits per heavy atom. The van der Waals surface area contributed by atoms with E-state index in [4.69, 9.17) is 11.5 Å². The summed E-state index contributed by atoms with van der Waals surface area (Å²) in [4.78, 5) is 0. The van der Waals surface area contributed by atoms with Crippen molar-refractivity contribution >= 4 is 11.6 Å². The number of hydrogen-bond acceptors (Lipinski definition) is 2. The van der Waals surface area contributed by atoms with Crippen LogP contribution in [0.2, 0.25) is 0 Å². The number of aromatic nitrogens is 1. The summed E-state index contributed by atoms with van der Waals surface area (Å²) >= 11 is 0. The SMILES string of the molecule is Cc1cc(N)n(C)c1N. The molecule has 0 atom stereocenters. The minimum atomic E-state index is 0.713. The number of nitrogens with two attached hydrogens (primary N) is 2. The molecule has 3 nitrogen and oxygen atoms in total. The average molecular weight is 125 g/mol. The van der Waals surface area contributed by atoms with Crippen molar-refractivity contribution in [3.63, 3.8) is 0 Å². The Morgan fingerprint density at radius 3 is 2.11 bits per heavy atom. The van der Waals surface area contributed by atoms with Crippen LogP contribution in [0.25, 0.3) is 0 Å². The molecule has 0 amide bonds. The van der Waals surface area contributed by atoms with E-state index in [1.54, 1.807) is 4.57 Å². The minimum absolute atomic E-state index is 0.713. The van der Waals surface area contributed by atoms with Crippen molar-refractivity contribution in [1.82, 2.24) is 4.57 Å². The smallest absolute Gasteiger partial charge is 0.107 e. The molecule has 0 unspecified atom stereocenters. The van der Waals surface area contributed by atoms with E-state index >= 15 is 0 Å². The maximum Gasteiger partial charge on any atom is 0.107 e. The van der Waals surface area contributed by atoms with E-state index in [0.29, 0.717) is 5.82 Å². The van der Waals surface area contributed by atoms with Crippen molar-refractivity contribution in [3.8, 4) is 0 Å². The second kappa shape index (κ2) is 1.69. The molecule has 50 valence electrons. The fourth-order valence-corrected chi connectivity index (χ4v) is 0.796. The van der Waals surface area contributed by atoms with E-state index in [2.05, 4.69) is 0 Å². The highest BCUT2D eigenvalue weighted by Crippen LogP contribution is 2.16. The van der Waals surface area contributed by atoms with Crippen LogP contribution in [0, 0.1) is 6.92 Å².